The van der Waals surface area contributed by atoms with Gasteiger partial charge >= 0.3 is 0 Å². The van der Waals surface area contributed by atoms with Crippen molar-refractivity contribution in [3.8, 4) is 5.75 Å². The molecule has 0 aliphatic carbocycles. The first-order valence-corrected chi connectivity index (χ1v) is 6.58. The van der Waals surface area contributed by atoms with E-state index in [4.69, 9.17) is 11.6 Å². The average molecular weight is 241 g/mol. The fourth-order valence-corrected chi connectivity index (χ4v) is 2.11. The highest BCUT2D eigenvalue weighted by atomic mass is 35.5. The zero-order chi connectivity index (χ0) is 11.8. The molecule has 0 aromatic heterocycles. The molecule has 1 nitrogen and oxygen atoms in total. The molecule has 16 heavy (non-hydrogen) atoms. The number of para-hydroxylation sites is 1. The monoisotopic (exact) mass is 240 g/mol. The molecule has 1 N–H and O–H groups in total. The zero-order valence-corrected chi connectivity index (χ0v) is 10.7. The summed E-state index contributed by atoms with van der Waals surface area (Å²) in [5.74, 6) is 0.405. The van der Waals surface area contributed by atoms with Gasteiger partial charge in [-0.3, -0.25) is 0 Å². The van der Waals surface area contributed by atoms with Crippen LogP contribution in [0.5, 0.6) is 5.75 Å². The van der Waals surface area contributed by atoms with Crippen molar-refractivity contribution < 1.29 is 5.11 Å². The quantitative estimate of drug-likeness (QED) is 0.695. The molecular formula is C14H21ClO. The average Bonchev–Trinajstić information content (AvgIpc) is 2.29. The van der Waals surface area contributed by atoms with E-state index in [0.29, 0.717) is 11.1 Å². The van der Waals surface area contributed by atoms with Crippen LogP contribution in [0.15, 0.2) is 24.3 Å². The van der Waals surface area contributed by atoms with Crippen molar-refractivity contribution in [3.63, 3.8) is 0 Å². The predicted octanol–water partition coefficient (Wildman–Crippen LogP) is 4.51. The molecule has 1 rings (SSSR count). The van der Waals surface area contributed by atoms with Gasteiger partial charge in [0.05, 0.1) is 0 Å². The van der Waals surface area contributed by atoms with Gasteiger partial charge < -0.3 is 5.11 Å². The Bertz CT molecular complexity index is 299. The number of phenols is 1. The summed E-state index contributed by atoms with van der Waals surface area (Å²) in [6.07, 6.45) is 6.54. The van der Waals surface area contributed by atoms with Crippen LogP contribution in [0.3, 0.4) is 0 Å². The van der Waals surface area contributed by atoms with Gasteiger partial charge in [0.2, 0.25) is 0 Å². The fraction of sp³-hybridized carbons (Fsp3) is 0.571. The van der Waals surface area contributed by atoms with Gasteiger partial charge in [-0.15, -0.1) is 11.6 Å². The van der Waals surface area contributed by atoms with Crippen molar-refractivity contribution in [1.29, 1.82) is 0 Å². The van der Waals surface area contributed by atoms with E-state index in [2.05, 4.69) is 6.92 Å². The molecule has 0 fully saturated rings. The number of unbranched alkanes of at least 4 members (excludes halogenated alkanes) is 1. The summed E-state index contributed by atoms with van der Waals surface area (Å²) in [4.78, 5) is 0. The Labute approximate surface area is 103 Å². The maximum Gasteiger partial charge on any atom is 0.118 e. The number of aryl methyl sites for hydroxylation is 1. The molecule has 0 saturated carbocycles. The molecular weight excluding hydrogens is 220 g/mol. The standard InChI is InChI=1S/C14H21ClO/c1-2-3-9-13(15)10-6-8-12-7-4-5-11-14(12)16/h4-5,7,11,13,16H,2-3,6,8-10H2,1H3. The van der Waals surface area contributed by atoms with E-state index in [1.54, 1.807) is 6.07 Å². The van der Waals surface area contributed by atoms with Gasteiger partial charge in [0.1, 0.15) is 5.75 Å². The number of phenolic OH excluding ortho intramolecular Hbond substituents is 1. The van der Waals surface area contributed by atoms with Crippen LogP contribution in [0.25, 0.3) is 0 Å². The summed E-state index contributed by atoms with van der Waals surface area (Å²) in [7, 11) is 0. The number of alkyl halides is 1. The molecule has 1 aromatic carbocycles. The largest absolute Gasteiger partial charge is 0.508 e. The SMILES string of the molecule is CCCCC(Cl)CCCc1ccccc1O. The van der Waals surface area contributed by atoms with Gasteiger partial charge in [0.25, 0.3) is 0 Å². The highest BCUT2D eigenvalue weighted by molar-refractivity contribution is 6.20. The molecule has 90 valence electrons. The number of hydrogen-bond acceptors (Lipinski definition) is 1. The Kier molecular flexibility index (Phi) is 6.32. The maximum atomic E-state index is 9.58. The van der Waals surface area contributed by atoms with E-state index >= 15 is 0 Å². The normalized spacial score (nSPS) is 12.6. The second-order valence-electron chi connectivity index (χ2n) is 4.26. The third-order valence-electron chi connectivity index (χ3n) is 2.83. The second-order valence-corrected chi connectivity index (χ2v) is 4.88. The first-order chi connectivity index (χ1) is 7.74. The number of rotatable bonds is 7. The summed E-state index contributed by atoms with van der Waals surface area (Å²) in [5.41, 5.74) is 1.03. The Balaban J connectivity index is 2.23. The molecule has 0 spiro atoms. The highest BCUT2D eigenvalue weighted by Gasteiger charge is 2.05. The predicted molar refractivity (Wildman–Crippen MR) is 70.2 cm³/mol. The molecule has 0 aliphatic rings. The van der Waals surface area contributed by atoms with Crippen molar-refractivity contribution in [2.45, 2.75) is 50.8 Å². The van der Waals surface area contributed by atoms with Crippen molar-refractivity contribution in [1.82, 2.24) is 0 Å². The van der Waals surface area contributed by atoms with Gasteiger partial charge in [-0.25, -0.2) is 0 Å². The van der Waals surface area contributed by atoms with Crippen LogP contribution in [0.1, 0.15) is 44.6 Å². The Hall–Kier alpha value is -0.690. The minimum Gasteiger partial charge on any atom is -0.508 e. The molecule has 0 amide bonds. The first-order valence-electron chi connectivity index (χ1n) is 6.15. The molecule has 2 heteroatoms. The number of halogens is 1. The number of benzene rings is 1. The number of hydrogen-bond donors (Lipinski definition) is 1. The van der Waals surface area contributed by atoms with Crippen LogP contribution in [0.2, 0.25) is 0 Å². The van der Waals surface area contributed by atoms with E-state index in [1.807, 2.05) is 18.2 Å². The van der Waals surface area contributed by atoms with E-state index in [1.165, 1.54) is 12.8 Å². The van der Waals surface area contributed by atoms with Crippen LogP contribution in [-0.4, -0.2) is 10.5 Å². The highest BCUT2D eigenvalue weighted by Crippen LogP contribution is 2.20. The Morgan fingerprint density at radius 2 is 1.88 bits per heavy atom. The summed E-state index contributed by atoms with van der Waals surface area (Å²) in [6, 6.07) is 7.53. The van der Waals surface area contributed by atoms with Crippen molar-refractivity contribution in [2.24, 2.45) is 0 Å². The van der Waals surface area contributed by atoms with Crippen LogP contribution in [0, 0.1) is 0 Å². The van der Waals surface area contributed by atoms with Crippen molar-refractivity contribution in [3.05, 3.63) is 29.8 Å². The third kappa shape index (κ3) is 4.89. The maximum absolute atomic E-state index is 9.58. The van der Waals surface area contributed by atoms with Crippen LogP contribution in [-0.2, 0) is 6.42 Å². The van der Waals surface area contributed by atoms with E-state index in [9.17, 15) is 5.11 Å². The molecule has 1 atom stereocenters. The van der Waals surface area contributed by atoms with E-state index in [0.717, 1.165) is 31.2 Å². The lowest BCUT2D eigenvalue weighted by molar-refractivity contribution is 0.466. The fourth-order valence-electron chi connectivity index (χ4n) is 1.81. The summed E-state index contributed by atoms with van der Waals surface area (Å²) in [6.45, 7) is 2.19. The minimum absolute atomic E-state index is 0.297. The van der Waals surface area contributed by atoms with Gasteiger partial charge in [0.15, 0.2) is 0 Å². The van der Waals surface area contributed by atoms with Gasteiger partial charge in [-0.05, 0) is 37.3 Å². The molecule has 0 aliphatic heterocycles. The molecule has 0 saturated heterocycles. The third-order valence-corrected chi connectivity index (χ3v) is 3.26. The Morgan fingerprint density at radius 1 is 1.19 bits per heavy atom. The molecule has 1 aromatic rings. The lowest BCUT2D eigenvalue weighted by Gasteiger charge is -2.09. The Morgan fingerprint density at radius 3 is 2.56 bits per heavy atom. The van der Waals surface area contributed by atoms with Crippen LogP contribution in [0.4, 0.5) is 0 Å². The van der Waals surface area contributed by atoms with Crippen LogP contribution < -0.4 is 0 Å². The van der Waals surface area contributed by atoms with E-state index < -0.39 is 0 Å². The molecule has 0 radical (unpaired) electrons. The first kappa shape index (κ1) is 13.4. The lowest BCUT2D eigenvalue weighted by Crippen LogP contribution is -1.99. The zero-order valence-electron chi connectivity index (χ0n) is 9.95. The van der Waals surface area contributed by atoms with Gasteiger partial charge in [-0.1, -0.05) is 38.0 Å². The minimum atomic E-state index is 0.297. The van der Waals surface area contributed by atoms with Crippen molar-refractivity contribution in [2.75, 3.05) is 0 Å². The summed E-state index contributed by atoms with van der Waals surface area (Å²) >= 11 is 6.20. The van der Waals surface area contributed by atoms with E-state index in [-0.39, 0.29) is 0 Å². The summed E-state index contributed by atoms with van der Waals surface area (Å²) < 4.78 is 0. The molecule has 0 heterocycles. The molecule has 0 bridgehead atoms. The smallest absolute Gasteiger partial charge is 0.118 e. The van der Waals surface area contributed by atoms with Gasteiger partial charge in [0, 0.05) is 5.38 Å². The lowest BCUT2D eigenvalue weighted by atomic mass is 10.0. The topological polar surface area (TPSA) is 20.2 Å². The van der Waals surface area contributed by atoms with Crippen molar-refractivity contribution >= 4 is 11.6 Å². The number of aromatic hydroxyl groups is 1. The van der Waals surface area contributed by atoms with Crippen LogP contribution >= 0.6 is 11.6 Å². The second kappa shape index (κ2) is 7.56. The molecule has 1 unspecified atom stereocenters. The summed E-state index contributed by atoms with van der Waals surface area (Å²) in [5, 5.41) is 9.88. The van der Waals surface area contributed by atoms with Gasteiger partial charge in [-0.2, -0.15) is 0 Å².